The molecule has 0 saturated heterocycles. The van der Waals surface area contributed by atoms with Gasteiger partial charge in [0.2, 0.25) is 0 Å². The molecule has 3 aromatic carbocycles. The molecule has 0 heterocycles. The van der Waals surface area contributed by atoms with E-state index < -0.39 is 17.5 Å². The molecule has 0 saturated carbocycles. The third kappa shape index (κ3) is 4.40. The van der Waals surface area contributed by atoms with Gasteiger partial charge in [-0.15, -0.1) is 0 Å². The Morgan fingerprint density at radius 2 is 1.68 bits per heavy atom. The van der Waals surface area contributed by atoms with Crippen molar-refractivity contribution in [3.63, 3.8) is 0 Å². The number of halogens is 2. The lowest BCUT2D eigenvalue weighted by Gasteiger charge is -2.12. The van der Waals surface area contributed by atoms with Crippen molar-refractivity contribution in [3.8, 4) is 17.6 Å². The zero-order valence-electron chi connectivity index (χ0n) is 14.5. The molecule has 28 heavy (non-hydrogen) atoms. The molecule has 0 aliphatic rings. The molecule has 0 unspecified atom stereocenters. The number of carbonyl (C=O) groups is 1. The number of nitriles is 1. The van der Waals surface area contributed by atoms with E-state index in [0.717, 1.165) is 12.1 Å². The van der Waals surface area contributed by atoms with E-state index in [9.17, 15) is 18.8 Å². The van der Waals surface area contributed by atoms with E-state index in [1.165, 1.54) is 12.1 Å². The Bertz CT molecular complexity index is 1070. The summed E-state index contributed by atoms with van der Waals surface area (Å²) in [5, 5.41) is 11.8. The summed E-state index contributed by atoms with van der Waals surface area (Å²) in [6.07, 6.45) is 0.994. The highest BCUT2D eigenvalue weighted by Crippen LogP contribution is 2.29. The van der Waals surface area contributed by atoms with Crippen LogP contribution in [0.3, 0.4) is 0 Å². The Labute approximate surface area is 160 Å². The van der Waals surface area contributed by atoms with Crippen LogP contribution in [0.15, 0.2) is 78.4 Å². The summed E-state index contributed by atoms with van der Waals surface area (Å²) in [5.74, 6) is -2.02. The fraction of sp³-hybridized carbons (Fsp3) is 0. The molecule has 1 N–H and O–H groups in total. The average molecular weight is 376 g/mol. The number of ether oxygens (including phenoxy) is 1. The van der Waals surface area contributed by atoms with Gasteiger partial charge in [-0.2, -0.15) is 5.26 Å². The molecular formula is C22H14F2N2O2. The number of amides is 1. The first-order valence-corrected chi connectivity index (χ1v) is 8.27. The lowest BCUT2D eigenvalue weighted by Crippen LogP contribution is -2.14. The summed E-state index contributed by atoms with van der Waals surface area (Å²) in [4.78, 5) is 12.5. The molecule has 0 radical (unpaired) electrons. The number of benzene rings is 3. The molecule has 0 aromatic heterocycles. The van der Waals surface area contributed by atoms with Gasteiger partial charge in [0.05, 0.1) is 5.69 Å². The second-order valence-corrected chi connectivity index (χ2v) is 5.68. The van der Waals surface area contributed by atoms with Gasteiger partial charge >= 0.3 is 0 Å². The fourth-order valence-corrected chi connectivity index (χ4v) is 2.40. The third-order valence-electron chi connectivity index (χ3n) is 3.75. The second-order valence-electron chi connectivity index (χ2n) is 5.68. The molecule has 0 fully saturated rings. The molecule has 3 aromatic rings. The summed E-state index contributed by atoms with van der Waals surface area (Å²) in [7, 11) is 0. The van der Waals surface area contributed by atoms with Gasteiger partial charge in [-0.25, -0.2) is 8.78 Å². The van der Waals surface area contributed by atoms with Crippen LogP contribution >= 0.6 is 0 Å². The summed E-state index contributed by atoms with van der Waals surface area (Å²) in [6, 6.07) is 20.9. The number of para-hydroxylation sites is 3. The summed E-state index contributed by atoms with van der Waals surface area (Å²) in [6.45, 7) is 0. The van der Waals surface area contributed by atoms with Gasteiger partial charge in [-0.1, -0.05) is 42.5 Å². The highest BCUT2D eigenvalue weighted by atomic mass is 19.2. The minimum Gasteiger partial charge on any atom is -0.455 e. The van der Waals surface area contributed by atoms with Crippen molar-refractivity contribution in [1.82, 2.24) is 0 Å². The van der Waals surface area contributed by atoms with Crippen LogP contribution in [0.5, 0.6) is 11.5 Å². The molecule has 138 valence electrons. The standard InChI is InChI=1S/C22H14F2N2O2/c23-18-10-6-7-15(21(18)24)13-16(14-25)22(27)26-19-11-4-5-12-20(19)28-17-8-2-1-3-9-17/h1-13H,(H,26,27)/b16-13-. The molecule has 0 aliphatic carbocycles. The van der Waals surface area contributed by atoms with Gasteiger partial charge in [-0.3, -0.25) is 4.79 Å². The number of rotatable bonds is 5. The minimum atomic E-state index is -1.13. The Morgan fingerprint density at radius 3 is 2.43 bits per heavy atom. The van der Waals surface area contributed by atoms with Crippen LogP contribution in [0.1, 0.15) is 5.56 Å². The molecule has 6 heteroatoms. The predicted molar refractivity (Wildman–Crippen MR) is 102 cm³/mol. The average Bonchev–Trinajstić information content (AvgIpc) is 2.71. The molecule has 4 nitrogen and oxygen atoms in total. The number of anilines is 1. The van der Waals surface area contributed by atoms with Crippen molar-refractivity contribution < 1.29 is 18.3 Å². The number of nitrogens with zero attached hydrogens (tertiary/aromatic N) is 1. The van der Waals surface area contributed by atoms with Gasteiger partial charge in [0.1, 0.15) is 17.4 Å². The maximum Gasteiger partial charge on any atom is 0.266 e. The van der Waals surface area contributed by atoms with E-state index in [4.69, 9.17) is 4.74 Å². The van der Waals surface area contributed by atoms with Crippen molar-refractivity contribution in [3.05, 3.63) is 95.6 Å². The van der Waals surface area contributed by atoms with Crippen LogP contribution in [0, 0.1) is 23.0 Å². The van der Waals surface area contributed by atoms with Crippen LogP contribution in [-0.2, 0) is 4.79 Å². The van der Waals surface area contributed by atoms with Crippen molar-refractivity contribution in [2.24, 2.45) is 0 Å². The van der Waals surface area contributed by atoms with E-state index in [0.29, 0.717) is 17.2 Å². The van der Waals surface area contributed by atoms with E-state index >= 15 is 0 Å². The first-order valence-electron chi connectivity index (χ1n) is 8.27. The molecular weight excluding hydrogens is 362 g/mol. The Morgan fingerprint density at radius 1 is 0.964 bits per heavy atom. The second kappa shape index (κ2) is 8.60. The van der Waals surface area contributed by atoms with Crippen LogP contribution in [0.2, 0.25) is 0 Å². The molecule has 0 atom stereocenters. The number of hydrogen-bond acceptors (Lipinski definition) is 3. The largest absolute Gasteiger partial charge is 0.455 e. The Balaban J connectivity index is 1.85. The van der Waals surface area contributed by atoms with E-state index in [-0.39, 0.29) is 11.1 Å². The summed E-state index contributed by atoms with van der Waals surface area (Å²) >= 11 is 0. The van der Waals surface area contributed by atoms with Crippen molar-refractivity contribution in [2.45, 2.75) is 0 Å². The van der Waals surface area contributed by atoms with Crippen molar-refractivity contribution >= 4 is 17.7 Å². The zero-order chi connectivity index (χ0) is 19.9. The smallest absolute Gasteiger partial charge is 0.266 e. The molecule has 0 spiro atoms. The predicted octanol–water partition coefficient (Wildman–Crippen LogP) is 5.30. The van der Waals surface area contributed by atoms with Gasteiger partial charge < -0.3 is 10.1 Å². The maximum absolute atomic E-state index is 13.8. The first kappa shape index (κ1) is 18.8. The SMILES string of the molecule is N#C/C(=C/c1cccc(F)c1F)C(=O)Nc1ccccc1Oc1ccccc1. The highest BCUT2D eigenvalue weighted by molar-refractivity contribution is 6.10. The van der Waals surface area contributed by atoms with Gasteiger partial charge in [0.25, 0.3) is 5.91 Å². The monoisotopic (exact) mass is 376 g/mol. The number of nitrogens with one attached hydrogen (secondary N) is 1. The number of carbonyl (C=O) groups excluding carboxylic acids is 1. The van der Waals surface area contributed by atoms with Crippen molar-refractivity contribution in [2.75, 3.05) is 5.32 Å². The summed E-state index contributed by atoms with van der Waals surface area (Å²) < 4.78 is 32.9. The highest BCUT2D eigenvalue weighted by Gasteiger charge is 2.15. The Hall–Kier alpha value is -3.98. The normalized spacial score (nSPS) is 10.8. The molecule has 0 aliphatic heterocycles. The lowest BCUT2D eigenvalue weighted by atomic mass is 10.1. The topological polar surface area (TPSA) is 62.1 Å². The fourth-order valence-electron chi connectivity index (χ4n) is 2.40. The number of hydrogen-bond donors (Lipinski definition) is 1. The Kier molecular flexibility index (Phi) is 5.78. The van der Waals surface area contributed by atoms with Gasteiger partial charge in [-0.05, 0) is 36.4 Å². The molecule has 0 bridgehead atoms. The van der Waals surface area contributed by atoms with Gasteiger partial charge in [0.15, 0.2) is 17.4 Å². The van der Waals surface area contributed by atoms with Crippen LogP contribution < -0.4 is 10.1 Å². The van der Waals surface area contributed by atoms with Crippen LogP contribution in [0.4, 0.5) is 14.5 Å². The van der Waals surface area contributed by atoms with Crippen LogP contribution in [0.25, 0.3) is 6.08 Å². The minimum absolute atomic E-state index is 0.194. The summed E-state index contributed by atoms with van der Waals surface area (Å²) in [5.41, 5.74) is -0.239. The maximum atomic E-state index is 13.8. The first-order chi connectivity index (χ1) is 13.6. The lowest BCUT2D eigenvalue weighted by molar-refractivity contribution is -0.112. The molecule has 3 rings (SSSR count). The quantitative estimate of drug-likeness (QED) is 0.485. The van der Waals surface area contributed by atoms with Crippen LogP contribution in [-0.4, -0.2) is 5.91 Å². The zero-order valence-corrected chi connectivity index (χ0v) is 14.5. The third-order valence-corrected chi connectivity index (χ3v) is 3.75. The van der Waals surface area contributed by atoms with E-state index in [2.05, 4.69) is 5.32 Å². The van der Waals surface area contributed by atoms with Gasteiger partial charge in [0, 0.05) is 5.56 Å². The molecule has 1 amide bonds. The van der Waals surface area contributed by atoms with E-state index in [1.54, 1.807) is 54.6 Å². The van der Waals surface area contributed by atoms with E-state index in [1.807, 2.05) is 6.07 Å². The van der Waals surface area contributed by atoms with Crippen molar-refractivity contribution in [1.29, 1.82) is 5.26 Å².